The smallest absolute Gasteiger partial charge is 0.345 e. The number of carbonyl (C=O) groups excluding carboxylic acids is 1. The van der Waals surface area contributed by atoms with Gasteiger partial charge in [0.2, 0.25) is 6.10 Å². The first-order valence-electron chi connectivity index (χ1n) is 7.27. The van der Waals surface area contributed by atoms with Crippen molar-refractivity contribution in [1.82, 2.24) is 0 Å². The van der Waals surface area contributed by atoms with Crippen LogP contribution in [0, 0.1) is 0 Å². The average molecular weight is 294 g/mol. The van der Waals surface area contributed by atoms with E-state index in [1.807, 2.05) is 48.5 Å². The summed E-state index contributed by atoms with van der Waals surface area (Å²) in [4.78, 5) is 23.5. The van der Waals surface area contributed by atoms with Crippen LogP contribution in [0.1, 0.15) is 29.4 Å². The molecule has 0 aromatic heterocycles. The Morgan fingerprint density at radius 2 is 1.59 bits per heavy atom. The van der Waals surface area contributed by atoms with Gasteiger partial charge in [0.15, 0.2) is 0 Å². The van der Waals surface area contributed by atoms with E-state index in [0.29, 0.717) is 0 Å². The Morgan fingerprint density at radius 1 is 1.00 bits per heavy atom. The summed E-state index contributed by atoms with van der Waals surface area (Å²) in [5, 5.41) is 9.49. The Labute approximate surface area is 127 Å². The number of cyclic esters (lactones) is 1. The molecule has 2 aromatic rings. The maximum Gasteiger partial charge on any atom is 0.345 e. The second-order valence-corrected chi connectivity index (χ2v) is 5.76. The van der Waals surface area contributed by atoms with E-state index < -0.39 is 18.0 Å². The van der Waals surface area contributed by atoms with Gasteiger partial charge in [0.05, 0.1) is 6.42 Å². The molecule has 4 heteroatoms. The van der Waals surface area contributed by atoms with Gasteiger partial charge in [-0.1, -0.05) is 48.5 Å². The first-order chi connectivity index (χ1) is 10.7. The van der Waals surface area contributed by atoms with Crippen LogP contribution >= 0.6 is 0 Å². The number of hydrogen-bond acceptors (Lipinski definition) is 3. The van der Waals surface area contributed by atoms with E-state index in [1.165, 1.54) is 0 Å². The molecular formula is C18H14O4. The van der Waals surface area contributed by atoms with E-state index in [2.05, 4.69) is 0 Å². The van der Waals surface area contributed by atoms with Crippen LogP contribution in [0.25, 0.3) is 11.1 Å². The van der Waals surface area contributed by atoms with Crippen LogP contribution in [0.3, 0.4) is 0 Å². The average Bonchev–Trinajstić information content (AvgIpc) is 2.54. The van der Waals surface area contributed by atoms with Gasteiger partial charge in [-0.05, 0) is 22.3 Å². The third kappa shape index (κ3) is 1.77. The van der Waals surface area contributed by atoms with Gasteiger partial charge in [-0.2, -0.15) is 0 Å². The lowest BCUT2D eigenvalue weighted by Gasteiger charge is -2.40. The molecule has 110 valence electrons. The Kier molecular flexibility index (Phi) is 2.79. The van der Waals surface area contributed by atoms with Gasteiger partial charge >= 0.3 is 11.9 Å². The number of hydrogen-bond donors (Lipinski definition) is 1. The molecule has 0 unspecified atom stereocenters. The van der Waals surface area contributed by atoms with Crippen LogP contribution in [0.15, 0.2) is 48.5 Å². The zero-order valence-electron chi connectivity index (χ0n) is 11.7. The van der Waals surface area contributed by atoms with Gasteiger partial charge in [0, 0.05) is 11.8 Å². The maximum absolute atomic E-state index is 11.9. The van der Waals surface area contributed by atoms with Crippen LogP contribution in [0.4, 0.5) is 0 Å². The number of esters is 1. The number of ether oxygens (including phenoxy) is 1. The summed E-state index contributed by atoms with van der Waals surface area (Å²) >= 11 is 0. The van der Waals surface area contributed by atoms with Crippen LogP contribution in [-0.4, -0.2) is 23.1 Å². The molecule has 1 N–H and O–H groups in total. The predicted octanol–water partition coefficient (Wildman–Crippen LogP) is 2.93. The summed E-state index contributed by atoms with van der Waals surface area (Å²) < 4.78 is 5.15. The van der Waals surface area contributed by atoms with Crippen molar-refractivity contribution in [3.05, 3.63) is 59.7 Å². The molecule has 2 aromatic carbocycles. The van der Waals surface area contributed by atoms with E-state index in [-0.39, 0.29) is 18.3 Å². The normalized spacial score (nSPS) is 25.5. The van der Waals surface area contributed by atoms with Crippen LogP contribution in [-0.2, 0) is 14.3 Å². The topological polar surface area (TPSA) is 63.6 Å². The van der Waals surface area contributed by atoms with Crippen molar-refractivity contribution in [2.45, 2.75) is 24.4 Å². The summed E-state index contributed by atoms with van der Waals surface area (Å²) in [5.41, 5.74) is 4.10. The maximum atomic E-state index is 11.9. The molecule has 1 heterocycles. The number of carboxylic acid groups (broad SMARTS) is 1. The van der Waals surface area contributed by atoms with Crippen LogP contribution < -0.4 is 0 Å². The van der Waals surface area contributed by atoms with Gasteiger partial charge in [0.25, 0.3) is 0 Å². The van der Waals surface area contributed by atoms with Crippen molar-refractivity contribution in [3.63, 3.8) is 0 Å². The minimum Gasteiger partial charge on any atom is -0.478 e. The SMILES string of the molecule is O=C1C[C@H]2c3ccccc3-c3ccccc3[C@@H]2[C@@H](C(=O)O)O1. The van der Waals surface area contributed by atoms with E-state index in [9.17, 15) is 14.7 Å². The molecule has 0 spiro atoms. The highest BCUT2D eigenvalue weighted by molar-refractivity contribution is 5.86. The lowest BCUT2D eigenvalue weighted by Crippen LogP contribution is -2.42. The molecule has 0 amide bonds. The molecule has 4 nitrogen and oxygen atoms in total. The predicted molar refractivity (Wildman–Crippen MR) is 79.5 cm³/mol. The van der Waals surface area contributed by atoms with Gasteiger partial charge in [-0.15, -0.1) is 0 Å². The first kappa shape index (κ1) is 13.1. The molecule has 2 aliphatic rings. The molecule has 22 heavy (non-hydrogen) atoms. The second-order valence-electron chi connectivity index (χ2n) is 5.76. The van der Waals surface area contributed by atoms with Gasteiger partial charge in [0.1, 0.15) is 0 Å². The zero-order chi connectivity index (χ0) is 15.3. The Hall–Kier alpha value is -2.62. The number of carboxylic acids is 1. The number of carbonyl (C=O) groups is 2. The highest BCUT2D eigenvalue weighted by Gasteiger charge is 2.47. The highest BCUT2D eigenvalue weighted by atomic mass is 16.6. The summed E-state index contributed by atoms with van der Waals surface area (Å²) in [6.07, 6.45) is -0.902. The summed E-state index contributed by atoms with van der Waals surface area (Å²) in [6.45, 7) is 0. The largest absolute Gasteiger partial charge is 0.478 e. The van der Waals surface area contributed by atoms with Crippen molar-refractivity contribution in [3.8, 4) is 11.1 Å². The van der Waals surface area contributed by atoms with Gasteiger partial charge < -0.3 is 9.84 Å². The molecule has 1 fully saturated rings. The second kappa shape index (κ2) is 4.70. The lowest BCUT2D eigenvalue weighted by molar-refractivity contribution is -0.171. The first-order valence-corrected chi connectivity index (χ1v) is 7.27. The molecule has 4 rings (SSSR count). The third-order valence-corrected chi connectivity index (χ3v) is 4.62. The fourth-order valence-corrected chi connectivity index (χ4v) is 3.77. The zero-order valence-corrected chi connectivity index (χ0v) is 11.7. The van der Waals surface area contributed by atoms with E-state index >= 15 is 0 Å². The molecule has 0 bridgehead atoms. The Morgan fingerprint density at radius 3 is 2.27 bits per heavy atom. The van der Waals surface area contributed by atoms with E-state index in [1.54, 1.807) is 0 Å². The molecule has 0 radical (unpaired) electrons. The standard InChI is InChI=1S/C18H14O4/c19-15-9-14-12-7-2-1-5-10(12)11-6-3-4-8-13(11)16(14)17(22-15)18(20)21/h1-8,14,16-17H,9H2,(H,20,21)/t14-,16-,17-/m0/s1. The lowest BCUT2D eigenvalue weighted by atomic mass is 9.67. The molecule has 0 saturated carbocycles. The van der Waals surface area contributed by atoms with E-state index in [0.717, 1.165) is 22.3 Å². The minimum absolute atomic E-state index is 0.145. The van der Waals surface area contributed by atoms with E-state index in [4.69, 9.17) is 4.74 Å². The Balaban J connectivity index is 1.98. The number of benzene rings is 2. The monoisotopic (exact) mass is 294 g/mol. The highest BCUT2D eigenvalue weighted by Crippen LogP contribution is 2.52. The summed E-state index contributed by atoms with van der Waals surface area (Å²) in [7, 11) is 0. The fraction of sp³-hybridized carbons (Fsp3) is 0.222. The molecule has 1 aliphatic heterocycles. The minimum atomic E-state index is -1.12. The number of rotatable bonds is 1. The molecule has 1 aliphatic carbocycles. The molecule has 3 atom stereocenters. The number of aliphatic carboxylic acids is 1. The third-order valence-electron chi connectivity index (χ3n) is 4.62. The summed E-state index contributed by atoms with van der Waals surface area (Å²) in [5.74, 6) is -2.00. The van der Waals surface area contributed by atoms with Crippen molar-refractivity contribution in [1.29, 1.82) is 0 Å². The molecule has 1 saturated heterocycles. The Bertz CT molecular complexity index is 778. The van der Waals surface area contributed by atoms with Crippen molar-refractivity contribution < 1.29 is 19.4 Å². The van der Waals surface area contributed by atoms with Crippen molar-refractivity contribution in [2.75, 3.05) is 0 Å². The quantitative estimate of drug-likeness (QED) is 0.821. The number of fused-ring (bicyclic) bond motifs is 6. The van der Waals surface area contributed by atoms with Crippen LogP contribution in [0.5, 0.6) is 0 Å². The van der Waals surface area contributed by atoms with Crippen LogP contribution in [0.2, 0.25) is 0 Å². The van der Waals surface area contributed by atoms with Crippen molar-refractivity contribution >= 4 is 11.9 Å². The molecular weight excluding hydrogens is 280 g/mol. The fourth-order valence-electron chi connectivity index (χ4n) is 3.77. The van der Waals surface area contributed by atoms with Crippen molar-refractivity contribution in [2.24, 2.45) is 0 Å². The summed E-state index contributed by atoms with van der Waals surface area (Å²) in [6, 6.07) is 15.7. The van der Waals surface area contributed by atoms with Gasteiger partial charge in [-0.3, -0.25) is 4.79 Å². The van der Waals surface area contributed by atoms with Gasteiger partial charge in [-0.25, -0.2) is 4.79 Å².